The Kier molecular flexibility index (Phi) is 6.82. The van der Waals surface area contributed by atoms with Gasteiger partial charge < -0.3 is 9.13 Å². The van der Waals surface area contributed by atoms with E-state index in [-0.39, 0.29) is 0 Å². The zero-order valence-corrected chi connectivity index (χ0v) is 29.3. The number of hydrogen-bond donors (Lipinski definition) is 0. The SMILES string of the molecule is c1ccc(-c2nc(-c3cccc(-c4ccc5c(c4)c4c6ccccc6ccc4n5-c4ccccc4)c3)nc3c4ccccc4n(-c4ccccc4)c23)cc1. The highest BCUT2D eigenvalue weighted by Gasteiger charge is 2.21. The van der Waals surface area contributed by atoms with Gasteiger partial charge >= 0.3 is 0 Å². The minimum absolute atomic E-state index is 0.701. The second-order valence-corrected chi connectivity index (χ2v) is 13.8. The predicted molar refractivity (Wildman–Crippen MR) is 225 cm³/mol. The van der Waals surface area contributed by atoms with Crippen molar-refractivity contribution in [2.75, 3.05) is 0 Å². The molecule has 0 N–H and O–H groups in total. The Morgan fingerprint density at radius 3 is 1.74 bits per heavy atom. The lowest BCUT2D eigenvalue weighted by molar-refractivity contribution is 1.15. The molecule has 4 nitrogen and oxygen atoms in total. The van der Waals surface area contributed by atoms with Crippen molar-refractivity contribution in [2.24, 2.45) is 0 Å². The molecule has 252 valence electrons. The number of rotatable bonds is 5. The highest BCUT2D eigenvalue weighted by molar-refractivity contribution is 6.22. The molecule has 0 aliphatic rings. The highest BCUT2D eigenvalue weighted by Crippen LogP contribution is 2.41. The van der Waals surface area contributed by atoms with E-state index in [0.717, 1.165) is 61.3 Å². The number of benzene rings is 8. The highest BCUT2D eigenvalue weighted by atomic mass is 15.0. The Balaban J connectivity index is 1.13. The first kappa shape index (κ1) is 30.3. The fourth-order valence-corrected chi connectivity index (χ4v) is 8.28. The average molecular weight is 689 g/mol. The lowest BCUT2D eigenvalue weighted by Gasteiger charge is -2.12. The van der Waals surface area contributed by atoms with Crippen LogP contribution in [-0.4, -0.2) is 19.1 Å². The first-order chi connectivity index (χ1) is 26.8. The lowest BCUT2D eigenvalue weighted by Crippen LogP contribution is -1.99. The second-order valence-electron chi connectivity index (χ2n) is 13.8. The molecule has 8 aromatic carbocycles. The Hall–Kier alpha value is -7.30. The van der Waals surface area contributed by atoms with Gasteiger partial charge in [0, 0.05) is 38.7 Å². The van der Waals surface area contributed by atoms with Gasteiger partial charge in [-0.05, 0) is 76.5 Å². The third-order valence-electron chi connectivity index (χ3n) is 10.7. The molecule has 54 heavy (non-hydrogen) atoms. The van der Waals surface area contributed by atoms with E-state index in [1.165, 1.54) is 32.6 Å². The van der Waals surface area contributed by atoms with Gasteiger partial charge in [-0.3, -0.25) is 0 Å². The number of hydrogen-bond acceptors (Lipinski definition) is 2. The average Bonchev–Trinajstić information content (AvgIpc) is 3.77. The molecule has 0 spiro atoms. The van der Waals surface area contributed by atoms with Gasteiger partial charge in [0.15, 0.2) is 5.82 Å². The molecule has 0 aliphatic carbocycles. The Labute approximate surface area is 311 Å². The molecule has 0 unspecified atom stereocenters. The minimum atomic E-state index is 0.701. The maximum absolute atomic E-state index is 5.38. The molecule has 0 amide bonds. The van der Waals surface area contributed by atoms with Crippen LogP contribution in [0.15, 0.2) is 194 Å². The molecule has 0 saturated carbocycles. The van der Waals surface area contributed by atoms with Crippen molar-refractivity contribution in [3.63, 3.8) is 0 Å². The van der Waals surface area contributed by atoms with Gasteiger partial charge in [-0.25, -0.2) is 9.97 Å². The number of nitrogens with zero attached hydrogens (tertiary/aromatic N) is 4. The standard InChI is InChI=1S/C50H32N4/c1-4-16-34(17-5-1)47-49-48(41-25-12-13-26-43(41)54(49)39-22-8-3-9-23-39)52-50(51-47)37-19-14-18-35(31-37)36-28-29-44-42(32-36)46-40-24-11-10-15-33(40)27-30-45(46)53(44)38-20-6-2-7-21-38/h1-32H. The van der Waals surface area contributed by atoms with Crippen molar-refractivity contribution in [3.8, 4) is 45.1 Å². The van der Waals surface area contributed by atoms with Gasteiger partial charge in [0.1, 0.15) is 5.52 Å². The first-order valence-corrected chi connectivity index (χ1v) is 18.3. The summed E-state index contributed by atoms with van der Waals surface area (Å²) in [5.74, 6) is 0.701. The summed E-state index contributed by atoms with van der Waals surface area (Å²) < 4.78 is 4.69. The molecule has 3 heterocycles. The molecule has 4 heteroatoms. The quantitative estimate of drug-likeness (QED) is 0.180. The zero-order valence-electron chi connectivity index (χ0n) is 29.3. The van der Waals surface area contributed by atoms with Crippen LogP contribution in [0, 0.1) is 0 Å². The van der Waals surface area contributed by atoms with Crippen LogP contribution in [0.25, 0.3) is 99.7 Å². The normalized spacial score (nSPS) is 11.7. The van der Waals surface area contributed by atoms with Gasteiger partial charge in [-0.2, -0.15) is 0 Å². The molecule has 0 bridgehead atoms. The van der Waals surface area contributed by atoms with Crippen LogP contribution in [0.2, 0.25) is 0 Å². The smallest absolute Gasteiger partial charge is 0.160 e. The van der Waals surface area contributed by atoms with Crippen LogP contribution >= 0.6 is 0 Å². The summed E-state index contributed by atoms with van der Waals surface area (Å²) in [6.45, 7) is 0. The summed E-state index contributed by atoms with van der Waals surface area (Å²) in [5.41, 5.74) is 12.8. The molecular weight excluding hydrogens is 657 g/mol. The third-order valence-corrected chi connectivity index (χ3v) is 10.7. The molecule has 0 aliphatic heterocycles. The maximum atomic E-state index is 5.38. The molecule has 0 fully saturated rings. The van der Waals surface area contributed by atoms with Crippen LogP contribution in [-0.2, 0) is 0 Å². The first-order valence-electron chi connectivity index (χ1n) is 18.3. The molecular formula is C50H32N4. The van der Waals surface area contributed by atoms with Crippen LogP contribution in [0.3, 0.4) is 0 Å². The van der Waals surface area contributed by atoms with Crippen molar-refractivity contribution in [2.45, 2.75) is 0 Å². The van der Waals surface area contributed by atoms with E-state index in [4.69, 9.17) is 9.97 Å². The summed E-state index contributed by atoms with van der Waals surface area (Å²) >= 11 is 0. The van der Waals surface area contributed by atoms with Crippen molar-refractivity contribution >= 4 is 54.5 Å². The van der Waals surface area contributed by atoms with Crippen LogP contribution in [0.4, 0.5) is 0 Å². The Bertz CT molecular complexity index is 3200. The van der Waals surface area contributed by atoms with Crippen LogP contribution in [0.1, 0.15) is 0 Å². The van der Waals surface area contributed by atoms with E-state index in [9.17, 15) is 0 Å². The summed E-state index contributed by atoms with van der Waals surface area (Å²) in [4.78, 5) is 10.8. The molecule has 0 atom stereocenters. The molecule has 0 saturated heterocycles. The van der Waals surface area contributed by atoms with Gasteiger partial charge in [-0.1, -0.05) is 140 Å². The minimum Gasteiger partial charge on any atom is -0.309 e. The monoisotopic (exact) mass is 688 g/mol. The fourth-order valence-electron chi connectivity index (χ4n) is 8.28. The van der Waals surface area contributed by atoms with Gasteiger partial charge in [-0.15, -0.1) is 0 Å². The third kappa shape index (κ3) is 4.70. The molecule has 3 aromatic heterocycles. The van der Waals surface area contributed by atoms with Gasteiger partial charge in [0.05, 0.1) is 27.8 Å². The Morgan fingerprint density at radius 2 is 0.944 bits per heavy atom. The van der Waals surface area contributed by atoms with Crippen molar-refractivity contribution < 1.29 is 0 Å². The molecule has 11 rings (SSSR count). The van der Waals surface area contributed by atoms with E-state index in [1.807, 2.05) is 0 Å². The van der Waals surface area contributed by atoms with E-state index in [2.05, 4.69) is 203 Å². The van der Waals surface area contributed by atoms with Crippen LogP contribution in [0.5, 0.6) is 0 Å². The summed E-state index contributed by atoms with van der Waals surface area (Å²) in [6, 6.07) is 68.9. The van der Waals surface area contributed by atoms with Crippen molar-refractivity contribution in [1.82, 2.24) is 19.1 Å². The Morgan fingerprint density at radius 1 is 0.352 bits per heavy atom. The van der Waals surface area contributed by atoms with Crippen molar-refractivity contribution in [1.29, 1.82) is 0 Å². The zero-order chi connectivity index (χ0) is 35.6. The van der Waals surface area contributed by atoms with E-state index in [0.29, 0.717) is 5.82 Å². The molecule has 11 aromatic rings. The lowest BCUT2D eigenvalue weighted by atomic mass is 9.99. The van der Waals surface area contributed by atoms with Gasteiger partial charge in [0.2, 0.25) is 0 Å². The number of aromatic nitrogens is 4. The summed E-state index contributed by atoms with van der Waals surface area (Å²) in [7, 11) is 0. The number of fused-ring (bicyclic) bond motifs is 8. The van der Waals surface area contributed by atoms with Crippen LogP contribution < -0.4 is 0 Å². The van der Waals surface area contributed by atoms with Gasteiger partial charge in [0.25, 0.3) is 0 Å². The fraction of sp³-hybridized carbons (Fsp3) is 0. The van der Waals surface area contributed by atoms with E-state index in [1.54, 1.807) is 0 Å². The largest absolute Gasteiger partial charge is 0.309 e. The predicted octanol–water partition coefficient (Wildman–Crippen LogP) is 12.8. The van der Waals surface area contributed by atoms with E-state index < -0.39 is 0 Å². The summed E-state index contributed by atoms with van der Waals surface area (Å²) in [6.07, 6.45) is 0. The van der Waals surface area contributed by atoms with E-state index >= 15 is 0 Å². The second kappa shape index (κ2) is 12.1. The van der Waals surface area contributed by atoms with Crippen molar-refractivity contribution in [3.05, 3.63) is 194 Å². The maximum Gasteiger partial charge on any atom is 0.160 e. The summed E-state index contributed by atoms with van der Waals surface area (Å²) in [5, 5.41) is 6.08. The number of para-hydroxylation sites is 3. The topological polar surface area (TPSA) is 35.6 Å². The molecule has 0 radical (unpaired) electrons.